The highest BCUT2D eigenvalue weighted by molar-refractivity contribution is 5.86. The van der Waals surface area contributed by atoms with Crippen LogP contribution in [0.4, 0.5) is 0 Å². The molecule has 0 radical (unpaired) electrons. The summed E-state index contributed by atoms with van der Waals surface area (Å²) in [5.74, 6) is 1.18. The molecule has 0 aliphatic carbocycles. The number of para-hydroxylation sites is 14. The van der Waals surface area contributed by atoms with Crippen molar-refractivity contribution in [3.63, 3.8) is 0 Å². The van der Waals surface area contributed by atoms with E-state index in [1.807, 2.05) is 308 Å². The second kappa shape index (κ2) is 52.4. The van der Waals surface area contributed by atoms with E-state index >= 15 is 0 Å². The lowest BCUT2D eigenvalue weighted by molar-refractivity contribution is -0.147. The summed E-state index contributed by atoms with van der Waals surface area (Å²) < 4.78 is 64.5. The molecule has 0 spiro atoms. The molecule has 31 heteroatoms. The largest absolute Gasteiger partial charge is 0.469 e. The number of aryl methyl sites for hydroxylation is 6. The van der Waals surface area contributed by atoms with Crippen LogP contribution < -0.4 is 0 Å². The first-order valence-corrected chi connectivity index (χ1v) is 46.0. The van der Waals surface area contributed by atoms with Crippen LogP contribution in [0.5, 0.6) is 0 Å². The second-order valence-corrected chi connectivity index (χ2v) is 31.5. The predicted octanol–water partition coefficient (Wildman–Crippen LogP) is 18.0. The van der Waals surface area contributed by atoms with Crippen molar-refractivity contribution >= 4 is 119 Å². The minimum atomic E-state index is -0.252. The molecule has 9 heterocycles. The summed E-state index contributed by atoms with van der Waals surface area (Å²) in [5, 5.41) is 0. The topological polar surface area (TPSA) is 337 Å². The zero-order chi connectivity index (χ0) is 95.7. The maximum absolute atomic E-state index is 11.9. The van der Waals surface area contributed by atoms with Gasteiger partial charge in [0.25, 0.3) is 0 Å². The fourth-order valence-electron chi connectivity index (χ4n) is 15.4. The summed E-state index contributed by atoms with van der Waals surface area (Å²) in [6.07, 6.45) is 12.9. The summed E-state index contributed by atoms with van der Waals surface area (Å²) in [5.41, 5.74) is 16.9. The Bertz CT molecular complexity index is 6600. The molecule has 31 nitrogen and oxygen atoms in total. The van der Waals surface area contributed by atoms with Crippen LogP contribution in [0.1, 0.15) is 85.0 Å². The molecule has 0 saturated carbocycles. The van der Waals surface area contributed by atoms with Gasteiger partial charge >= 0.3 is 41.8 Å². The number of rotatable bonds is 32. The number of carbonyl (C=O) groups excluding carboxylic acids is 7. The Morgan fingerprint density at radius 1 is 0.314 bits per heavy atom. The Morgan fingerprint density at radius 2 is 0.620 bits per heavy atom. The number of ether oxygens (including phenoxy) is 10. The number of hydrogen-bond donors (Lipinski definition) is 0. The molecule has 17 aromatic rings. The average molecular weight is 1860 g/mol. The summed E-state index contributed by atoms with van der Waals surface area (Å²) in [6.45, 7) is 12.9. The fraction of sp³-hybridized carbons (Fsp3) is 0.302. The number of aromatic nitrogens is 14. The Labute approximate surface area is 793 Å². The normalized spacial score (nSPS) is 13.0. The molecule has 2 fully saturated rings. The molecule has 10 aromatic carbocycles. The number of hydrogen-bond acceptors (Lipinski definition) is 24. The van der Waals surface area contributed by atoms with Crippen molar-refractivity contribution in [2.45, 2.75) is 143 Å². The molecule has 19 rings (SSSR count). The van der Waals surface area contributed by atoms with Crippen LogP contribution in [0.15, 0.2) is 286 Å². The zero-order valence-electron chi connectivity index (χ0n) is 77.7. The number of esters is 7. The van der Waals surface area contributed by atoms with E-state index in [4.69, 9.17) is 52.6 Å². The Kier molecular flexibility index (Phi) is 37.9. The van der Waals surface area contributed by atoms with E-state index in [-0.39, 0.29) is 73.9 Å². The third kappa shape index (κ3) is 28.9. The molecule has 2 aliphatic heterocycles. The van der Waals surface area contributed by atoms with Crippen LogP contribution in [-0.4, -0.2) is 188 Å². The fourth-order valence-corrected chi connectivity index (χ4v) is 15.4. The van der Waals surface area contributed by atoms with Gasteiger partial charge in [-0.05, 0) is 131 Å². The van der Waals surface area contributed by atoms with Crippen molar-refractivity contribution in [2.75, 3.05) is 67.3 Å². The lowest BCUT2D eigenvalue weighted by atomic mass is 10.2. The van der Waals surface area contributed by atoms with E-state index in [1.54, 1.807) is 12.7 Å². The standard InChI is InChI=1S/C18H18N2O2.2C17H16N2O2.C15H18N2O3.C14H16N2O4.C13H16N2O2.C12H14N2O2/c1-2-22-17(21)12-13-20-16-11-7-6-10-15(16)19-18(20)14-8-4-3-5-9-14;1-21-16(20)11-12-19-15-10-6-5-9-14(15)18-17(19)13-7-3-2-4-8-13;1-2-21-16(20)12-19-15-11-7-6-10-14(15)18-17(19)13-8-4-3-5-9-13;18-15(20-10-12-4-3-9-19-12)7-8-17-11-16-13-5-1-2-6-14(13)17;17-14(19-8-11-7-18-10-20-11)5-6-16-9-15-12-3-1-2-4-13(12)16;1-2-17-13(16)8-5-9-15-10-14-11-6-3-4-7-12(11)15;1-16-12(15)7-4-8-14-9-13-10-5-2-3-6-11(10)14/h3-11H,2,12-13H2,1H3;2-10H,11-12H2,1H3;3-11H,2,12H2,1H3;1-2,5-6,11-12H,3-4,7-10H2;1-4,9,11H,5-8,10H2;3-4,6-7,10H,2,5,8-9H2,1H3;2-3,5-6,9H,4,7-8H2,1H3. The highest BCUT2D eigenvalue weighted by Crippen LogP contribution is 2.30. The van der Waals surface area contributed by atoms with Crippen LogP contribution >= 0.6 is 0 Å². The third-order valence-electron chi connectivity index (χ3n) is 22.2. The lowest BCUT2D eigenvalue weighted by Crippen LogP contribution is -2.21. The van der Waals surface area contributed by atoms with Gasteiger partial charge in [-0.2, -0.15) is 0 Å². The van der Waals surface area contributed by atoms with E-state index in [1.165, 1.54) is 14.2 Å². The van der Waals surface area contributed by atoms with Crippen LogP contribution in [0.2, 0.25) is 0 Å². The molecule has 2 atom stereocenters. The summed E-state index contributed by atoms with van der Waals surface area (Å²) in [4.78, 5) is 112. The zero-order valence-corrected chi connectivity index (χ0v) is 77.7. The smallest absolute Gasteiger partial charge is 0.326 e. The number of carbonyl (C=O) groups is 7. The Balaban J connectivity index is 0.000000135. The second-order valence-electron chi connectivity index (χ2n) is 31.5. The van der Waals surface area contributed by atoms with Gasteiger partial charge in [-0.3, -0.25) is 33.6 Å². The van der Waals surface area contributed by atoms with Gasteiger partial charge in [0.2, 0.25) is 0 Å². The summed E-state index contributed by atoms with van der Waals surface area (Å²) in [7, 11) is 2.82. The van der Waals surface area contributed by atoms with Gasteiger partial charge in [0, 0.05) is 75.4 Å². The highest BCUT2D eigenvalue weighted by Gasteiger charge is 2.23. The first kappa shape index (κ1) is 99.1. The van der Waals surface area contributed by atoms with Crippen LogP contribution in [0.3, 0.4) is 0 Å². The summed E-state index contributed by atoms with van der Waals surface area (Å²) >= 11 is 0. The number of nitrogens with zero attached hydrogens (tertiary/aromatic N) is 14. The number of methoxy groups -OCH3 is 2. The molecule has 710 valence electrons. The Hall–Kier alpha value is -15.3. The van der Waals surface area contributed by atoms with E-state index in [9.17, 15) is 33.6 Å². The maximum atomic E-state index is 11.9. The molecule has 2 unspecified atom stereocenters. The van der Waals surface area contributed by atoms with Crippen molar-refractivity contribution in [1.29, 1.82) is 0 Å². The monoisotopic (exact) mass is 1850 g/mol. The molecular formula is C106H114N14O17. The molecule has 137 heavy (non-hydrogen) atoms. The molecule has 2 saturated heterocycles. The summed E-state index contributed by atoms with van der Waals surface area (Å²) in [6, 6.07) is 85.3. The SMILES string of the molecule is CCOC(=O)CCCn1cnc2ccccc21.CCOC(=O)CCn1c(-c2ccccc2)nc2ccccc21.CCOC(=O)Cn1c(-c2ccccc2)nc2ccccc21.COC(=O)CCCn1cnc2ccccc21.COC(=O)CCn1c(-c2ccccc2)nc2ccccc21.O=C(CCn1cnc2ccccc21)OCC1CCCO1.O=C(CCn1cnc2ccccc21)OCC1COCO1. The highest BCUT2D eigenvalue weighted by atomic mass is 16.7. The number of benzene rings is 10. The van der Waals surface area contributed by atoms with Gasteiger partial charge in [-0.1, -0.05) is 176 Å². The molecule has 0 bridgehead atoms. The van der Waals surface area contributed by atoms with Gasteiger partial charge < -0.3 is 79.3 Å². The van der Waals surface area contributed by atoms with Crippen molar-refractivity contribution in [3.05, 3.63) is 286 Å². The molecule has 2 aliphatic rings. The first-order valence-electron chi connectivity index (χ1n) is 46.0. The van der Waals surface area contributed by atoms with E-state index < -0.39 is 0 Å². The Morgan fingerprint density at radius 3 is 0.993 bits per heavy atom. The third-order valence-corrected chi connectivity index (χ3v) is 22.2. The first-order chi connectivity index (χ1) is 67.1. The van der Waals surface area contributed by atoms with Gasteiger partial charge in [-0.15, -0.1) is 0 Å². The minimum absolute atomic E-state index is 0.0908. The molecule has 7 aromatic heterocycles. The average Bonchev–Trinajstić information content (AvgIpc) is 1.64. The van der Waals surface area contributed by atoms with E-state index in [0.29, 0.717) is 97.7 Å². The van der Waals surface area contributed by atoms with Crippen LogP contribution in [0, 0.1) is 0 Å². The number of imidazole rings is 7. The van der Waals surface area contributed by atoms with Crippen LogP contribution in [0.25, 0.3) is 111 Å². The van der Waals surface area contributed by atoms with Gasteiger partial charge in [-0.25, -0.2) is 34.9 Å². The van der Waals surface area contributed by atoms with Gasteiger partial charge in [0.1, 0.15) is 50.1 Å². The van der Waals surface area contributed by atoms with E-state index in [2.05, 4.69) is 47.9 Å². The van der Waals surface area contributed by atoms with Gasteiger partial charge in [0.05, 0.1) is 175 Å². The van der Waals surface area contributed by atoms with Crippen molar-refractivity contribution < 1.29 is 80.9 Å². The van der Waals surface area contributed by atoms with Crippen LogP contribution in [-0.2, 0) is 127 Å². The molecule has 0 N–H and O–H groups in total. The van der Waals surface area contributed by atoms with Crippen molar-refractivity contribution in [1.82, 2.24) is 66.9 Å². The van der Waals surface area contributed by atoms with E-state index in [0.717, 1.165) is 157 Å². The maximum Gasteiger partial charge on any atom is 0.326 e. The molecular weight excluding hydrogens is 1740 g/mol. The predicted molar refractivity (Wildman–Crippen MR) is 522 cm³/mol. The van der Waals surface area contributed by atoms with Crippen molar-refractivity contribution in [3.8, 4) is 34.2 Å². The lowest BCUT2D eigenvalue weighted by Gasteiger charge is -2.10. The van der Waals surface area contributed by atoms with Gasteiger partial charge in [0.15, 0.2) is 0 Å². The number of fused-ring (bicyclic) bond motifs is 7. The quantitative estimate of drug-likeness (QED) is 0.0279. The molecule has 0 amide bonds. The minimum Gasteiger partial charge on any atom is -0.469 e. The van der Waals surface area contributed by atoms with Crippen molar-refractivity contribution in [2.24, 2.45) is 0 Å².